The summed E-state index contributed by atoms with van der Waals surface area (Å²) in [6.45, 7) is 1.84. The van der Waals surface area contributed by atoms with E-state index in [9.17, 15) is 14.9 Å². The summed E-state index contributed by atoms with van der Waals surface area (Å²) in [5.74, 6) is -0.458. The molecule has 0 saturated carbocycles. The third-order valence-electron chi connectivity index (χ3n) is 2.62. The first-order valence-corrected chi connectivity index (χ1v) is 5.74. The van der Waals surface area contributed by atoms with Gasteiger partial charge < -0.3 is 11.1 Å². The van der Waals surface area contributed by atoms with Crippen molar-refractivity contribution in [3.63, 3.8) is 0 Å². The lowest BCUT2D eigenvalue weighted by molar-refractivity contribution is -0.383. The molecule has 0 bridgehead atoms. The SMILES string of the molecule is Cc1cncc(NC(=O)c2ccc(N)c([N+](=O)[O-])c2)c1. The first kappa shape index (κ1) is 13.5. The molecule has 2 rings (SSSR count). The number of nitrogens with two attached hydrogens (primary N) is 1. The Morgan fingerprint density at radius 3 is 2.75 bits per heavy atom. The van der Waals surface area contributed by atoms with Crippen molar-refractivity contribution < 1.29 is 9.72 Å². The molecule has 7 nitrogen and oxygen atoms in total. The zero-order valence-electron chi connectivity index (χ0n) is 10.7. The monoisotopic (exact) mass is 272 g/mol. The molecule has 0 aliphatic rings. The van der Waals surface area contributed by atoms with Gasteiger partial charge in [0.1, 0.15) is 5.69 Å². The number of carbonyl (C=O) groups excluding carboxylic acids is 1. The van der Waals surface area contributed by atoms with Gasteiger partial charge >= 0.3 is 0 Å². The Bertz CT molecular complexity index is 685. The van der Waals surface area contributed by atoms with Crippen LogP contribution in [0.5, 0.6) is 0 Å². The van der Waals surface area contributed by atoms with Crippen molar-refractivity contribution in [2.45, 2.75) is 6.92 Å². The van der Waals surface area contributed by atoms with Gasteiger partial charge in [0.05, 0.1) is 16.8 Å². The number of pyridine rings is 1. The minimum Gasteiger partial charge on any atom is -0.393 e. The maximum atomic E-state index is 12.0. The number of carbonyl (C=O) groups is 1. The largest absolute Gasteiger partial charge is 0.393 e. The predicted molar refractivity (Wildman–Crippen MR) is 74.4 cm³/mol. The van der Waals surface area contributed by atoms with E-state index in [1.165, 1.54) is 18.3 Å². The van der Waals surface area contributed by atoms with Crippen molar-refractivity contribution in [3.8, 4) is 0 Å². The van der Waals surface area contributed by atoms with Crippen LogP contribution in [-0.2, 0) is 0 Å². The first-order chi connectivity index (χ1) is 9.47. The van der Waals surface area contributed by atoms with Crippen molar-refractivity contribution in [2.24, 2.45) is 0 Å². The molecule has 0 aliphatic carbocycles. The fourth-order valence-electron chi connectivity index (χ4n) is 1.67. The number of nitro groups is 1. The summed E-state index contributed by atoms with van der Waals surface area (Å²) in [4.78, 5) is 26.1. The van der Waals surface area contributed by atoms with Gasteiger partial charge in [-0.1, -0.05) is 0 Å². The number of nitro benzene ring substituents is 1. The maximum Gasteiger partial charge on any atom is 0.292 e. The second-order valence-electron chi connectivity index (χ2n) is 4.24. The van der Waals surface area contributed by atoms with Gasteiger partial charge in [0, 0.05) is 17.8 Å². The highest BCUT2D eigenvalue weighted by Crippen LogP contribution is 2.22. The van der Waals surface area contributed by atoms with Crippen molar-refractivity contribution in [3.05, 3.63) is 57.9 Å². The van der Waals surface area contributed by atoms with Gasteiger partial charge in [0.25, 0.3) is 11.6 Å². The highest BCUT2D eigenvalue weighted by atomic mass is 16.6. The second kappa shape index (κ2) is 5.35. The van der Waals surface area contributed by atoms with Crippen LogP contribution in [0.1, 0.15) is 15.9 Å². The van der Waals surface area contributed by atoms with Crippen LogP contribution in [0.4, 0.5) is 17.1 Å². The number of aryl methyl sites for hydroxylation is 1. The summed E-state index contributed by atoms with van der Waals surface area (Å²) < 4.78 is 0. The second-order valence-corrected chi connectivity index (χ2v) is 4.24. The molecule has 1 amide bonds. The normalized spacial score (nSPS) is 10.1. The number of nitrogens with one attached hydrogen (secondary N) is 1. The van der Waals surface area contributed by atoms with Gasteiger partial charge in [-0.25, -0.2) is 0 Å². The molecule has 20 heavy (non-hydrogen) atoms. The first-order valence-electron chi connectivity index (χ1n) is 5.74. The fourth-order valence-corrected chi connectivity index (χ4v) is 1.67. The summed E-state index contributed by atoms with van der Waals surface area (Å²) in [6, 6.07) is 5.66. The van der Waals surface area contributed by atoms with Crippen LogP contribution < -0.4 is 11.1 Å². The van der Waals surface area contributed by atoms with Crippen LogP contribution in [0.25, 0.3) is 0 Å². The number of anilines is 2. The standard InChI is InChI=1S/C13H12N4O3/c1-8-4-10(7-15-6-8)16-13(18)9-2-3-11(14)12(5-9)17(19)20/h2-7H,14H2,1H3,(H,16,18). The van der Waals surface area contributed by atoms with Gasteiger partial charge in [-0.2, -0.15) is 0 Å². The molecule has 0 aliphatic heterocycles. The van der Waals surface area contributed by atoms with Crippen molar-refractivity contribution >= 4 is 23.0 Å². The van der Waals surface area contributed by atoms with Crippen LogP contribution in [0, 0.1) is 17.0 Å². The quantitative estimate of drug-likeness (QED) is 0.505. The van der Waals surface area contributed by atoms with Gasteiger partial charge in [-0.3, -0.25) is 19.9 Å². The Morgan fingerprint density at radius 2 is 2.10 bits per heavy atom. The molecular formula is C13H12N4O3. The topological polar surface area (TPSA) is 111 Å². The molecule has 0 fully saturated rings. The molecule has 0 atom stereocenters. The Morgan fingerprint density at radius 1 is 1.35 bits per heavy atom. The lowest BCUT2D eigenvalue weighted by atomic mass is 10.1. The number of hydrogen-bond acceptors (Lipinski definition) is 5. The fraction of sp³-hybridized carbons (Fsp3) is 0.0769. The summed E-state index contributed by atoms with van der Waals surface area (Å²) in [7, 11) is 0. The van der Waals surface area contributed by atoms with Crippen LogP contribution in [0.3, 0.4) is 0 Å². The number of amides is 1. The Kier molecular flexibility index (Phi) is 3.60. The zero-order chi connectivity index (χ0) is 14.7. The average molecular weight is 272 g/mol. The van der Waals surface area contributed by atoms with E-state index in [4.69, 9.17) is 5.73 Å². The number of benzene rings is 1. The number of hydrogen-bond donors (Lipinski definition) is 2. The number of rotatable bonds is 3. The highest BCUT2D eigenvalue weighted by Gasteiger charge is 2.15. The number of nitrogens with zero attached hydrogens (tertiary/aromatic N) is 2. The third kappa shape index (κ3) is 2.89. The van der Waals surface area contributed by atoms with Crippen molar-refractivity contribution in [1.29, 1.82) is 0 Å². The molecule has 3 N–H and O–H groups in total. The smallest absolute Gasteiger partial charge is 0.292 e. The van der Waals surface area contributed by atoms with E-state index in [0.717, 1.165) is 11.6 Å². The van der Waals surface area contributed by atoms with Gasteiger partial charge in [-0.15, -0.1) is 0 Å². The minimum absolute atomic E-state index is 0.0174. The Labute approximate surface area is 114 Å². The van der Waals surface area contributed by atoms with E-state index in [0.29, 0.717) is 5.69 Å². The van der Waals surface area contributed by atoms with E-state index in [1.54, 1.807) is 12.3 Å². The molecular weight excluding hydrogens is 260 g/mol. The predicted octanol–water partition coefficient (Wildman–Crippen LogP) is 2.13. The molecule has 1 aromatic carbocycles. The van der Waals surface area contributed by atoms with Crippen LogP contribution in [0.15, 0.2) is 36.7 Å². The lowest BCUT2D eigenvalue weighted by Crippen LogP contribution is -2.12. The molecule has 0 saturated heterocycles. The number of aromatic nitrogens is 1. The molecule has 1 heterocycles. The lowest BCUT2D eigenvalue weighted by Gasteiger charge is -2.06. The van der Waals surface area contributed by atoms with E-state index in [2.05, 4.69) is 10.3 Å². The molecule has 1 aromatic heterocycles. The van der Waals surface area contributed by atoms with Crippen LogP contribution in [-0.4, -0.2) is 15.8 Å². The van der Waals surface area contributed by atoms with E-state index in [-0.39, 0.29) is 16.9 Å². The molecule has 2 aromatic rings. The minimum atomic E-state index is -0.625. The van der Waals surface area contributed by atoms with E-state index < -0.39 is 10.8 Å². The van der Waals surface area contributed by atoms with Crippen molar-refractivity contribution in [2.75, 3.05) is 11.1 Å². The van der Waals surface area contributed by atoms with E-state index in [1.807, 2.05) is 6.92 Å². The molecule has 0 radical (unpaired) electrons. The average Bonchev–Trinajstić information content (AvgIpc) is 2.38. The Balaban J connectivity index is 2.26. The summed E-state index contributed by atoms with van der Waals surface area (Å²) in [5, 5.41) is 13.4. The highest BCUT2D eigenvalue weighted by molar-refractivity contribution is 6.05. The summed E-state index contributed by atoms with van der Waals surface area (Å²) >= 11 is 0. The number of nitrogen functional groups attached to an aromatic ring is 1. The van der Waals surface area contributed by atoms with Gasteiger partial charge in [-0.05, 0) is 30.7 Å². The molecule has 0 unspecified atom stereocenters. The maximum absolute atomic E-state index is 12.0. The van der Waals surface area contributed by atoms with Crippen LogP contribution >= 0.6 is 0 Å². The molecule has 7 heteroatoms. The Hall–Kier alpha value is -2.96. The molecule has 102 valence electrons. The van der Waals surface area contributed by atoms with Gasteiger partial charge in [0.2, 0.25) is 0 Å². The van der Waals surface area contributed by atoms with E-state index >= 15 is 0 Å². The van der Waals surface area contributed by atoms with Crippen LogP contribution in [0.2, 0.25) is 0 Å². The van der Waals surface area contributed by atoms with Crippen molar-refractivity contribution in [1.82, 2.24) is 4.98 Å². The third-order valence-corrected chi connectivity index (χ3v) is 2.62. The van der Waals surface area contributed by atoms with Gasteiger partial charge in [0.15, 0.2) is 0 Å². The molecule has 0 spiro atoms. The summed E-state index contributed by atoms with van der Waals surface area (Å²) in [6.07, 6.45) is 3.15. The zero-order valence-corrected chi connectivity index (χ0v) is 10.7. The summed E-state index contributed by atoms with van der Waals surface area (Å²) in [5.41, 5.74) is 6.78.